The number of benzene rings is 1. The van der Waals surface area contributed by atoms with Gasteiger partial charge in [0.1, 0.15) is 6.54 Å². The van der Waals surface area contributed by atoms with Crippen molar-refractivity contribution >= 4 is 25.9 Å². The Morgan fingerprint density at radius 2 is 1.47 bits per heavy atom. The molecule has 7 nitrogen and oxygen atoms in total. The maximum atomic E-state index is 12.9. The van der Waals surface area contributed by atoms with Gasteiger partial charge >= 0.3 is 36.9 Å². The van der Waals surface area contributed by atoms with Crippen LogP contribution in [0.1, 0.15) is 12.0 Å². The number of nitrogens with zero attached hydrogens (tertiary/aromatic N) is 2. The first-order valence-electron chi connectivity index (χ1n) is 8.89. The highest BCUT2D eigenvalue weighted by atomic mass is 32.3. The third-order valence-corrected chi connectivity index (χ3v) is 7.73. The molecule has 1 aromatic carbocycles. The van der Waals surface area contributed by atoms with Crippen molar-refractivity contribution in [2.24, 2.45) is 0 Å². The Balaban J connectivity index is 3.16. The number of sulfonamides is 2. The van der Waals surface area contributed by atoms with Crippen molar-refractivity contribution in [1.82, 2.24) is 5.32 Å². The Morgan fingerprint density at radius 3 is 1.88 bits per heavy atom. The van der Waals surface area contributed by atoms with Crippen LogP contribution in [0.25, 0.3) is 0 Å². The van der Waals surface area contributed by atoms with Crippen molar-refractivity contribution in [2.75, 3.05) is 27.2 Å². The molecule has 0 aliphatic heterocycles. The van der Waals surface area contributed by atoms with Crippen LogP contribution in [0.5, 0.6) is 0 Å². The fourth-order valence-electron chi connectivity index (χ4n) is 2.67. The van der Waals surface area contributed by atoms with Crippen LogP contribution < -0.4 is 5.32 Å². The zero-order valence-electron chi connectivity index (χ0n) is 17.1. The first-order valence-corrected chi connectivity index (χ1v) is 11.8. The monoisotopic (exact) mass is 511 g/mol. The van der Waals surface area contributed by atoms with Gasteiger partial charge < -0.3 is 4.48 Å². The van der Waals surface area contributed by atoms with Crippen LogP contribution >= 0.6 is 0 Å². The molecule has 0 amide bonds. The first kappa shape index (κ1) is 27.9. The molecule has 0 saturated heterocycles. The second kappa shape index (κ2) is 9.79. The van der Waals surface area contributed by atoms with Crippen molar-refractivity contribution in [2.45, 2.75) is 24.0 Å². The number of alkyl halides is 6. The Morgan fingerprint density at radius 1 is 1.00 bits per heavy atom. The Bertz CT molecular complexity index is 1000. The van der Waals surface area contributed by atoms with Crippen LogP contribution in [0.3, 0.4) is 0 Å². The molecule has 32 heavy (non-hydrogen) atoms. The summed E-state index contributed by atoms with van der Waals surface area (Å²) in [5, 5.41) is 2.02. The summed E-state index contributed by atoms with van der Waals surface area (Å²) in [4.78, 5) is 0. The van der Waals surface area contributed by atoms with Crippen LogP contribution in [0.15, 0.2) is 43.0 Å². The molecule has 0 heterocycles. The van der Waals surface area contributed by atoms with Gasteiger partial charge in [-0.15, -0.1) is 0 Å². The number of quaternary nitrogens is 1. The van der Waals surface area contributed by atoms with Crippen molar-refractivity contribution in [1.29, 1.82) is 0 Å². The average Bonchev–Trinajstić information content (AvgIpc) is 2.62. The standard InChI is InChI=1S/C17H22F6N3O4S2/c1-4-15(24-11-8-12-26(2,3)13-14-9-6-5-7-10-14)25(31(27,28)16(18,19)20)32(29,30)17(21,22)23/h4-7,9-10H,1,8,11-13H2,2-3H3/q+1/p+1. The zero-order valence-corrected chi connectivity index (χ0v) is 18.7. The molecule has 0 bridgehead atoms. The van der Waals surface area contributed by atoms with E-state index in [2.05, 4.69) is 6.58 Å². The van der Waals surface area contributed by atoms with E-state index in [-0.39, 0.29) is 19.0 Å². The van der Waals surface area contributed by atoms with Crippen LogP contribution in [0, 0.1) is 0 Å². The molecule has 0 radical (unpaired) electrons. The van der Waals surface area contributed by atoms with Gasteiger partial charge in [0.2, 0.25) is 0 Å². The summed E-state index contributed by atoms with van der Waals surface area (Å²) in [6, 6.07) is 9.25. The van der Waals surface area contributed by atoms with Gasteiger partial charge in [-0.3, -0.25) is 5.32 Å². The number of amidine groups is 1. The van der Waals surface area contributed by atoms with E-state index in [1.54, 1.807) is 0 Å². The minimum atomic E-state index is -6.95. The second-order valence-electron chi connectivity index (χ2n) is 7.27. The number of rotatable bonds is 9. The molecule has 182 valence electrons. The molecule has 15 heteroatoms. The lowest BCUT2D eigenvalue weighted by molar-refractivity contribution is -0.903. The van der Waals surface area contributed by atoms with E-state index in [0.717, 1.165) is 5.56 Å². The van der Waals surface area contributed by atoms with Gasteiger partial charge in [-0.2, -0.15) is 43.2 Å². The molecule has 0 atom stereocenters. The number of hydrogen-bond donors (Lipinski definition) is 1. The normalized spacial score (nSPS) is 13.5. The lowest BCUT2D eigenvalue weighted by Crippen LogP contribution is -2.49. The minimum absolute atomic E-state index is 0.156. The lowest BCUT2D eigenvalue weighted by Gasteiger charge is -2.29. The van der Waals surface area contributed by atoms with Crippen LogP contribution in [-0.4, -0.2) is 68.7 Å². The lowest BCUT2D eigenvalue weighted by atomic mass is 10.2. The van der Waals surface area contributed by atoms with Gasteiger partial charge in [0.15, 0.2) is 0 Å². The minimum Gasteiger partial charge on any atom is -0.325 e. The molecule has 1 rings (SSSR count). The number of nitrogens with one attached hydrogen (secondary N) is 1. The van der Waals surface area contributed by atoms with Crippen molar-refractivity contribution in [3.05, 3.63) is 48.6 Å². The van der Waals surface area contributed by atoms with E-state index in [9.17, 15) is 43.2 Å². The van der Waals surface area contributed by atoms with E-state index >= 15 is 0 Å². The average molecular weight is 512 g/mol. The van der Waals surface area contributed by atoms with Crippen LogP contribution in [0.4, 0.5) is 26.3 Å². The molecule has 1 aromatic rings. The van der Waals surface area contributed by atoms with Crippen LogP contribution in [0.2, 0.25) is 0 Å². The van der Waals surface area contributed by atoms with Gasteiger partial charge in [0.25, 0.3) is 0 Å². The Labute approximate surface area is 182 Å². The molecule has 0 saturated carbocycles. The zero-order chi connectivity index (χ0) is 25.0. The van der Waals surface area contributed by atoms with E-state index in [1.807, 2.05) is 49.7 Å². The molecule has 1 N–H and O–H groups in total. The summed E-state index contributed by atoms with van der Waals surface area (Å²) < 4.78 is 123. The van der Waals surface area contributed by atoms with E-state index < -0.39 is 40.3 Å². The third kappa shape index (κ3) is 6.68. The Hall–Kier alpha value is -2.13. The second-order valence-corrected chi connectivity index (χ2v) is 11.1. The summed E-state index contributed by atoms with van der Waals surface area (Å²) in [6.07, 6.45) is 0.416. The molecule has 0 fully saturated rings. The molecule has 0 aliphatic rings. The third-order valence-electron chi connectivity index (χ3n) is 4.11. The number of halogens is 6. The number of hydrogen-bond acceptors (Lipinski definition) is 4. The summed E-state index contributed by atoms with van der Waals surface area (Å²) >= 11 is 0. The fourth-order valence-corrected chi connectivity index (χ4v) is 5.38. The summed E-state index contributed by atoms with van der Waals surface area (Å²) in [7, 11) is -10.2. The molecule has 0 unspecified atom stereocenters. The molecule has 0 spiro atoms. The summed E-state index contributed by atoms with van der Waals surface area (Å²) in [5.41, 5.74) is -11.6. The highest BCUT2D eigenvalue weighted by Crippen LogP contribution is 2.32. The quantitative estimate of drug-likeness (QED) is 0.138. The predicted octanol–water partition coefficient (Wildman–Crippen LogP) is 2.54. The van der Waals surface area contributed by atoms with Crippen molar-refractivity contribution in [3.63, 3.8) is 0 Å². The van der Waals surface area contributed by atoms with Crippen molar-refractivity contribution in [3.8, 4) is 0 Å². The predicted molar refractivity (Wildman–Crippen MR) is 105 cm³/mol. The van der Waals surface area contributed by atoms with E-state index in [4.69, 9.17) is 0 Å². The maximum Gasteiger partial charge on any atom is 0.538 e. The van der Waals surface area contributed by atoms with Gasteiger partial charge in [-0.25, -0.2) is 0 Å². The highest BCUT2D eigenvalue weighted by Gasteiger charge is 2.64. The molecule has 0 aromatic heterocycles. The van der Waals surface area contributed by atoms with Crippen LogP contribution in [-0.2, 0) is 26.6 Å². The summed E-state index contributed by atoms with van der Waals surface area (Å²) in [6.45, 7) is 3.57. The van der Waals surface area contributed by atoms with E-state index in [0.29, 0.717) is 17.6 Å². The Kier molecular flexibility index (Phi) is 8.53. The summed E-state index contributed by atoms with van der Waals surface area (Å²) in [5.74, 6) is -1.48. The smallest absolute Gasteiger partial charge is 0.325 e. The first-order chi connectivity index (χ1) is 14.4. The van der Waals surface area contributed by atoms with Gasteiger partial charge in [0.05, 0.1) is 27.2 Å². The van der Waals surface area contributed by atoms with Gasteiger partial charge in [-0.1, -0.05) is 36.9 Å². The largest absolute Gasteiger partial charge is 0.538 e. The maximum absolute atomic E-state index is 12.9. The fraction of sp³-hybridized carbons (Fsp3) is 0.471. The molecular weight excluding hydrogens is 488 g/mol. The molecule has 0 aliphatic carbocycles. The van der Waals surface area contributed by atoms with Gasteiger partial charge in [0, 0.05) is 18.1 Å². The van der Waals surface area contributed by atoms with E-state index in [1.165, 1.54) is 0 Å². The van der Waals surface area contributed by atoms with Crippen molar-refractivity contribution < 1.29 is 51.0 Å². The SMILES string of the molecule is C=CC(NCCC[N+](C)(C)Cc1ccccc1)=[N+](S(=O)(=O)C(F)(F)F)S(=O)(=O)C(F)(F)F. The van der Waals surface area contributed by atoms with Gasteiger partial charge in [-0.05, 0) is 3.39 Å². The topological polar surface area (TPSA) is 83.3 Å². The molecular formula is C17H23F6N3O4S2+2. The highest BCUT2D eigenvalue weighted by molar-refractivity contribution is 7.98.